The van der Waals surface area contributed by atoms with Crippen LogP contribution in [0.1, 0.15) is 51.4 Å². The van der Waals surface area contributed by atoms with E-state index in [4.69, 9.17) is 9.47 Å². The van der Waals surface area contributed by atoms with Gasteiger partial charge in [0.05, 0.1) is 17.8 Å². The van der Waals surface area contributed by atoms with Gasteiger partial charge < -0.3 is 14.4 Å². The fourth-order valence-electron chi connectivity index (χ4n) is 1.86. The summed E-state index contributed by atoms with van der Waals surface area (Å²) in [7, 11) is 3.93. The smallest absolute Gasteiger partial charge is 0.338 e. The molecule has 0 aromatic heterocycles. The Morgan fingerprint density at radius 2 is 1.59 bits per heavy atom. The van der Waals surface area contributed by atoms with Gasteiger partial charge in [0.15, 0.2) is 0 Å². The Hall–Kier alpha value is -1.55. The average Bonchev–Trinajstić information content (AvgIpc) is 2.36. The van der Waals surface area contributed by atoms with Gasteiger partial charge in [-0.25, -0.2) is 4.79 Å². The molecule has 1 aromatic carbocycles. The molecule has 0 aliphatic rings. The lowest BCUT2D eigenvalue weighted by Gasteiger charge is -2.27. The van der Waals surface area contributed by atoms with E-state index in [-0.39, 0.29) is 11.6 Å². The maximum Gasteiger partial charge on any atom is 0.338 e. The summed E-state index contributed by atoms with van der Waals surface area (Å²) in [5.74, 6) is -0.300. The molecule has 0 amide bonds. The van der Waals surface area contributed by atoms with Crippen molar-refractivity contribution in [3.63, 3.8) is 0 Å². The zero-order chi connectivity index (χ0) is 17.0. The number of ether oxygens (including phenoxy) is 2. The first-order valence-corrected chi connectivity index (χ1v) is 7.65. The molecule has 0 saturated heterocycles. The summed E-state index contributed by atoms with van der Waals surface area (Å²) in [4.78, 5) is 14.2. The van der Waals surface area contributed by atoms with Crippen LogP contribution >= 0.6 is 0 Å². The van der Waals surface area contributed by atoms with Gasteiger partial charge in [-0.2, -0.15) is 0 Å². The van der Waals surface area contributed by atoms with Crippen LogP contribution in [0.3, 0.4) is 0 Å². The second-order valence-electron chi connectivity index (χ2n) is 7.30. The number of esters is 1. The second-order valence-corrected chi connectivity index (χ2v) is 7.30. The van der Waals surface area contributed by atoms with Gasteiger partial charge in [-0.1, -0.05) is 0 Å². The Morgan fingerprint density at radius 1 is 1.05 bits per heavy atom. The minimum absolute atomic E-state index is 0.178. The Morgan fingerprint density at radius 3 is 2.05 bits per heavy atom. The van der Waals surface area contributed by atoms with Crippen LogP contribution in [0.25, 0.3) is 0 Å². The molecule has 1 aromatic rings. The molecule has 22 heavy (non-hydrogen) atoms. The molecule has 0 bridgehead atoms. The maximum absolute atomic E-state index is 12.2. The van der Waals surface area contributed by atoms with E-state index in [1.807, 2.05) is 65.7 Å². The third kappa shape index (κ3) is 6.48. The number of carbonyl (C=O) groups is 1. The maximum atomic E-state index is 12.2. The summed E-state index contributed by atoms with van der Waals surface area (Å²) in [6.07, 6.45) is 0.659. The van der Waals surface area contributed by atoms with E-state index in [0.29, 0.717) is 18.6 Å². The minimum atomic E-state index is -0.553. The highest BCUT2D eigenvalue weighted by Crippen LogP contribution is 2.20. The van der Waals surface area contributed by atoms with Gasteiger partial charge in [0, 0.05) is 26.2 Å². The Bertz CT molecular complexity index is 484. The van der Waals surface area contributed by atoms with E-state index in [9.17, 15) is 4.79 Å². The van der Waals surface area contributed by atoms with Crippen molar-refractivity contribution in [3.05, 3.63) is 29.8 Å². The van der Waals surface area contributed by atoms with Gasteiger partial charge in [-0.05, 0) is 58.9 Å². The van der Waals surface area contributed by atoms with Crippen LogP contribution in [0.4, 0.5) is 5.69 Å². The van der Waals surface area contributed by atoms with Crippen molar-refractivity contribution in [1.29, 1.82) is 0 Å². The van der Waals surface area contributed by atoms with Crippen LogP contribution in [0.2, 0.25) is 0 Å². The SMILES string of the molecule is CN(C)c1ccc(C(=O)OC(C)(C)CCOC(C)(C)C)cc1. The number of rotatable bonds is 6. The molecule has 0 aliphatic carbocycles. The fraction of sp³-hybridized carbons (Fsp3) is 0.611. The number of nitrogens with zero attached hydrogens (tertiary/aromatic N) is 1. The topological polar surface area (TPSA) is 38.8 Å². The highest BCUT2D eigenvalue weighted by Gasteiger charge is 2.24. The molecule has 4 nitrogen and oxygen atoms in total. The van der Waals surface area contributed by atoms with E-state index in [1.165, 1.54) is 0 Å². The Balaban J connectivity index is 2.58. The van der Waals surface area contributed by atoms with E-state index >= 15 is 0 Å². The monoisotopic (exact) mass is 307 g/mol. The molecule has 124 valence electrons. The number of anilines is 1. The minimum Gasteiger partial charge on any atom is -0.456 e. The van der Waals surface area contributed by atoms with E-state index < -0.39 is 5.60 Å². The van der Waals surface area contributed by atoms with Crippen molar-refractivity contribution >= 4 is 11.7 Å². The Kier molecular flexibility index (Phi) is 6.00. The molecule has 0 heterocycles. The lowest BCUT2D eigenvalue weighted by Crippen LogP contribution is -2.31. The first-order chi connectivity index (χ1) is 10.0. The quantitative estimate of drug-likeness (QED) is 0.747. The van der Waals surface area contributed by atoms with Crippen LogP contribution in [0.15, 0.2) is 24.3 Å². The highest BCUT2D eigenvalue weighted by molar-refractivity contribution is 5.90. The normalized spacial score (nSPS) is 12.1. The van der Waals surface area contributed by atoms with Gasteiger partial charge in [0.1, 0.15) is 5.60 Å². The molecular formula is C18H29NO3. The largest absolute Gasteiger partial charge is 0.456 e. The predicted octanol–water partition coefficient (Wildman–Crippen LogP) is 3.89. The summed E-state index contributed by atoms with van der Waals surface area (Å²) < 4.78 is 11.3. The van der Waals surface area contributed by atoms with Crippen molar-refractivity contribution in [2.24, 2.45) is 0 Å². The second kappa shape index (κ2) is 7.14. The van der Waals surface area contributed by atoms with Crippen LogP contribution in [0.5, 0.6) is 0 Å². The average molecular weight is 307 g/mol. The molecule has 1 rings (SSSR count). The third-order valence-electron chi connectivity index (χ3n) is 3.23. The summed E-state index contributed by atoms with van der Waals surface area (Å²) in [6.45, 7) is 10.4. The molecule has 0 radical (unpaired) electrons. The van der Waals surface area contributed by atoms with Crippen molar-refractivity contribution in [2.45, 2.75) is 52.2 Å². The first-order valence-electron chi connectivity index (χ1n) is 7.65. The molecule has 4 heteroatoms. The lowest BCUT2D eigenvalue weighted by molar-refractivity contribution is -0.0474. The van der Waals surface area contributed by atoms with E-state index in [0.717, 1.165) is 5.69 Å². The van der Waals surface area contributed by atoms with Crippen LogP contribution < -0.4 is 4.90 Å². The molecule has 0 saturated carbocycles. The van der Waals surface area contributed by atoms with E-state index in [1.54, 1.807) is 12.1 Å². The van der Waals surface area contributed by atoms with Crippen LogP contribution in [-0.2, 0) is 9.47 Å². The van der Waals surface area contributed by atoms with E-state index in [2.05, 4.69) is 0 Å². The third-order valence-corrected chi connectivity index (χ3v) is 3.23. The van der Waals surface area contributed by atoms with Crippen molar-refractivity contribution < 1.29 is 14.3 Å². The molecule has 0 N–H and O–H groups in total. The van der Waals surface area contributed by atoms with Crippen LogP contribution in [-0.4, -0.2) is 37.9 Å². The number of hydrogen-bond acceptors (Lipinski definition) is 4. The zero-order valence-electron chi connectivity index (χ0n) is 14.9. The number of benzene rings is 1. The molecule has 0 atom stereocenters. The molecule has 0 fully saturated rings. The van der Waals surface area contributed by atoms with Crippen molar-refractivity contribution in [2.75, 3.05) is 25.6 Å². The summed E-state index contributed by atoms with van der Waals surface area (Å²) >= 11 is 0. The van der Waals surface area contributed by atoms with Gasteiger partial charge in [-0.3, -0.25) is 0 Å². The zero-order valence-corrected chi connectivity index (χ0v) is 14.9. The lowest BCUT2D eigenvalue weighted by atomic mass is 10.1. The van der Waals surface area contributed by atoms with Gasteiger partial charge >= 0.3 is 5.97 Å². The number of hydrogen-bond donors (Lipinski definition) is 0. The van der Waals surface area contributed by atoms with Crippen molar-refractivity contribution in [1.82, 2.24) is 0 Å². The van der Waals surface area contributed by atoms with Gasteiger partial charge in [0.2, 0.25) is 0 Å². The highest BCUT2D eigenvalue weighted by atomic mass is 16.6. The van der Waals surface area contributed by atoms with Crippen LogP contribution in [0, 0.1) is 0 Å². The Labute approximate surface area is 134 Å². The molecule has 0 aliphatic heterocycles. The molecule has 0 spiro atoms. The standard InChI is InChI=1S/C18H29NO3/c1-17(2,3)21-13-12-18(4,5)22-16(20)14-8-10-15(11-9-14)19(6)7/h8-11H,12-13H2,1-7H3. The van der Waals surface area contributed by atoms with Gasteiger partial charge in [-0.15, -0.1) is 0 Å². The fourth-order valence-corrected chi connectivity index (χ4v) is 1.86. The van der Waals surface area contributed by atoms with Crippen molar-refractivity contribution in [3.8, 4) is 0 Å². The predicted molar refractivity (Wildman–Crippen MR) is 90.6 cm³/mol. The summed E-state index contributed by atoms with van der Waals surface area (Å²) in [5, 5.41) is 0. The molecule has 0 unspecified atom stereocenters. The molecular weight excluding hydrogens is 278 g/mol. The van der Waals surface area contributed by atoms with Gasteiger partial charge in [0.25, 0.3) is 0 Å². The summed E-state index contributed by atoms with van der Waals surface area (Å²) in [5.41, 5.74) is 0.884. The summed E-state index contributed by atoms with van der Waals surface area (Å²) in [6, 6.07) is 7.40. The number of carbonyl (C=O) groups excluding carboxylic acids is 1. The first kappa shape index (κ1) is 18.5.